The van der Waals surface area contributed by atoms with Gasteiger partial charge in [-0.2, -0.15) is 0 Å². The topological polar surface area (TPSA) is 43.7 Å². The predicted molar refractivity (Wildman–Crippen MR) is 112 cm³/mol. The maximum atomic E-state index is 12.5. The Morgan fingerprint density at radius 1 is 1.18 bits per heavy atom. The van der Waals surface area contributed by atoms with Crippen LogP contribution in [-0.2, 0) is 11.2 Å². The van der Waals surface area contributed by atoms with E-state index in [9.17, 15) is 4.79 Å². The first kappa shape index (κ1) is 20.1. The van der Waals surface area contributed by atoms with Crippen LogP contribution >= 0.6 is 0 Å². The van der Waals surface area contributed by atoms with Gasteiger partial charge in [0.1, 0.15) is 0 Å². The Morgan fingerprint density at radius 3 is 2.54 bits per heavy atom. The van der Waals surface area contributed by atoms with Crippen LogP contribution < -0.4 is 9.47 Å². The fourth-order valence-corrected chi connectivity index (χ4v) is 3.60. The predicted octanol–water partition coefficient (Wildman–Crippen LogP) is 4.17. The van der Waals surface area contributed by atoms with E-state index in [1.54, 1.807) is 25.2 Å². The molecule has 1 amide bonds. The summed E-state index contributed by atoms with van der Waals surface area (Å²) in [6.45, 7) is 4.91. The van der Waals surface area contributed by atoms with Gasteiger partial charge in [0.2, 0.25) is 5.91 Å². The zero-order chi connectivity index (χ0) is 20.3. The van der Waals surface area contributed by atoms with Gasteiger partial charge in [-0.15, -0.1) is 0 Å². The van der Waals surface area contributed by atoms with E-state index < -0.39 is 0 Å². The van der Waals surface area contributed by atoms with E-state index in [0.717, 1.165) is 17.5 Å². The summed E-state index contributed by atoms with van der Waals surface area (Å²) in [7, 11) is 5.08. The van der Waals surface area contributed by atoms with Gasteiger partial charge in [0.05, 0.1) is 14.2 Å². The number of amides is 1. The Balaban J connectivity index is 1.59. The fraction of sp³-hybridized carbons (Fsp3) is 0.435. The molecule has 1 aromatic carbocycles. The molecule has 150 valence electrons. The second-order valence-electron chi connectivity index (χ2n) is 7.46. The number of likely N-dealkylation sites (N-methyl/N-ethyl adjacent to an activating group) is 1. The van der Waals surface area contributed by atoms with Crippen LogP contribution in [0.25, 0.3) is 6.08 Å². The zero-order valence-corrected chi connectivity index (χ0v) is 17.5. The quantitative estimate of drug-likeness (QED) is 0.644. The molecule has 1 saturated carbocycles. The molecule has 0 spiro atoms. The minimum Gasteiger partial charge on any atom is -0.493 e. The van der Waals surface area contributed by atoms with Crippen LogP contribution in [0.3, 0.4) is 0 Å². The van der Waals surface area contributed by atoms with Gasteiger partial charge in [-0.3, -0.25) is 4.79 Å². The van der Waals surface area contributed by atoms with Crippen LogP contribution in [0.1, 0.15) is 41.4 Å². The molecule has 1 aliphatic carbocycles. The largest absolute Gasteiger partial charge is 0.493 e. The van der Waals surface area contributed by atoms with Gasteiger partial charge in [0.15, 0.2) is 11.5 Å². The van der Waals surface area contributed by atoms with Crippen molar-refractivity contribution < 1.29 is 14.3 Å². The van der Waals surface area contributed by atoms with Crippen LogP contribution in [0.2, 0.25) is 0 Å². The lowest BCUT2D eigenvalue weighted by molar-refractivity contribution is -0.124. The van der Waals surface area contributed by atoms with Gasteiger partial charge >= 0.3 is 0 Å². The summed E-state index contributed by atoms with van der Waals surface area (Å²) in [5, 5.41) is 0. The molecule has 5 nitrogen and oxygen atoms in total. The van der Waals surface area contributed by atoms with E-state index >= 15 is 0 Å². The highest BCUT2D eigenvalue weighted by Crippen LogP contribution is 2.38. The highest BCUT2D eigenvalue weighted by Gasteiger charge is 2.26. The van der Waals surface area contributed by atoms with Crippen LogP contribution in [0.5, 0.6) is 11.5 Å². The van der Waals surface area contributed by atoms with Gasteiger partial charge in [-0.1, -0.05) is 6.07 Å². The van der Waals surface area contributed by atoms with Crippen molar-refractivity contribution in [2.45, 2.75) is 39.2 Å². The number of hydrogen-bond donors (Lipinski definition) is 0. The lowest BCUT2D eigenvalue weighted by Gasteiger charge is -2.16. The van der Waals surface area contributed by atoms with E-state index in [0.29, 0.717) is 24.1 Å². The highest BCUT2D eigenvalue weighted by atomic mass is 16.5. The molecule has 1 aromatic heterocycles. The second-order valence-corrected chi connectivity index (χ2v) is 7.46. The van der Waals surface area contributed by atoms with Crippen molar-refractivity contribution in [1.29, 1.82) is 0 Å². The summed E-state index contributed by atoms with van der Waals surface area (Å²) in [6.07, 6.45) is 6.89. The number of benzene rings is 1. The van der Waals surface area contributed by atoms with Crippen molar-refractivity contribution in [2.75, 3.05) is 27.8 Å². The number of carbonyl (C=O) groups excluding carboxylic acids is 1. The molecule has 1 fully saturated rings. The SMILES string of the molecule is COc1ccc(CCN(C)C(=O)/C=C/c2cc(C)n(C3CC3)c2C)cc1OC. The second kappa shape index (κ2) is 8.55. The van der Waals surface area contributed by atoms with E-state index in [2.05, 4.69) is 24.5 Å². The van der Waals surface area contributed by atoms with Crippen LogP contribution in [-0.4, -0.2) is 43.2 Å². The molecule has 1 heterocycles. The number of aryl methyl sites for hydroxylation is 1. The Bertz CT molecular complexity index is 878. The smallest absolute Gasteiger partial charge is 0.246 e. The molecule has 0 bridgehead atoms. The van der Waals surface area contributed by atoms with Crippen molar-refractivity contribution in [3.05, 3.63) is 52.9 Å². The molecule has 0 saturated heterocycles. The number of hydrogen-bond acceptors (Lipinski definition) is 3. The van der Waals surface area contributed by atoms with Crippen molar-refractivity contribution in [3.8, 4) is 11.5 Å². The first-order valence-electron chi connectivity index (χ1n) is 9.77. The third kappa shape index (κ3) is 4.41. The summed E-state index contributed by atoms with van der Waals surface area (Å²) in [4.78, 5) is 14.2. The molecule has 1 aliphatic rings. The maximum absolute atomic E-state index is 12.5. The van der Waals surface area contributed by atoms with Gasteiger partial charge in [-0.05, 0) is 68.5 Å². The average Bonchev–Trinajstić information content (AvgIpc) is 3.49. The van der Waals surface area contributed by atoms with Gasteiger partial charge in [-0.25, -0.2) is 0 Å². The average molecular weight is 383 g/mol. The Kier molecular flexibility index (Phi) is 6.12. The van der Waals surface area contributed by atoms with E-state index in [-0.39, 0.29) is 5.91 Å². The number of aromatic nitrogens is 1. The normalized spacial score (nSPS) is 13.8. The van der Waals surface area contributed by atoms with Gasteiger partial charge in [0, 0.05) is 37.1 Å². The Morgan fingerprint density at radius 2 is 1.89 bits per heavy atom. The molecule has 5 heteroatoms. The molecule has 0 atom stereocenters. The van der Waals surface area contributed by atoms with E-state index in [1.165, 1.54) is 24.2 Å². The summed E-state index contributed by atoms with van der Waals surface area (Å²) < 4.78 is 13.0. The molecule has 0 unspecified atom stereocenters. The summed E-state index contributed by atoms with van der Waals surface area (Å²) in [5.74, 6) is 1.43. The van der Waals surface area contributed by atoms with Crippen LogP contribution in [0.15, 0.2) is 30.3 Å². The maximum Gasteiger partial charge on any atom is 0.246 e. The zero-order valence-electron chi connectivity index (χ0n) is 17.5. The molecular formula is C23H30N2O3. The van der Waals surface area contributed by atoms with Gasteiger partial charge in [0.25, 0.3) is 0 Å². The van der Waals surface area contributed by atoms with Gasteiger partial charge < -0.3 is 18.9 Å². The first-order valence-corrected chi connectivity index (χ1v) is 9.77. The summed E-state index contributed by atoms with van der Waals surface area (Å²) in [6, 6.07) is 8.68. The number of methoxy groups -OCH3 is 2. The van der Waals surface area contributed by atoms with Crippen molar-refractivity contribution >= 4 is 12.0 Å². The summed E-state index contributed by atoms with van der Waals surface area (Å²) in [5.41, 5.74) is 4.76. The molecule has 0 aliphatic heterocycles. The Labute approximate surface area is 167 Å². The number of carbonyl (C=O) groups is 1. The third-order valence-corrected chi connectivity index (χ3v) is 5.40. The molecule has 3 rings (SSSR count). The van der Waals surface area contributed by atoms with E-state index in [4.69, 9.17) is 9.47 Å². The van der Waals surface area contributed by atoms with Crippen molar-refractivity contribution in [2.24, 2.45) is 0 Å². The summed E-state index contributed by atoms with van der Waals surface area (Å²) >= 11 is 0. The first-order chi connectivity index (χ1) is 13.4. The van der Waals surface area contributed by atoms with Crippen LogP contribution in [0.4, 0.5) is 0 Å². The Hall–Kier alpha value is -2.69. The number of rotatable bonds is 8. The number of nitrogens with zero attached hydrogens (tertiary/aromatic N) is 2. The van der Waals surface area contributed by atoms with Crippen molar-refractivity contribution in [3.63, 3.8) is 0 Å². The van der Waals surface area contributed by atoms with E-state index in [1.807, 2.05) is 31.3 Å². The third-order valence-electron chi connectivity index (χ3n) is 5.40. The molecule has 28 heavy (non-hydrogen) atoms. The monoisotopic (exact) mass is 382 g/mol. The fourth-order valence-electron chi connectivity index (χ4n) is 3.60. The molecule has 2 aromatic rings. The standard InChI is InChI=1S/C23H30N2O3/c1-16-14-19(17(2)25(16)20-8-9-20)7-11-23(26)24(3)13-12-18-6-10-21(27-4)22(15-18)28-5/h6-7,10-11,14-15,20H,8-9,12-13H2,1-5H3/b11-7+. The molecule has 0 radical (unpaired) electrons. The minimum atomic E-state index is 0.0108. The molecular weight excluding hydrogens is 352 g/mol. The molecule has 0 N–H and O–H groups in total. The highest BCUT2D eigenvalue weighted by molar-refractivity contribution is 5.91. The number of ether oxygens (including phenoxy) is 2. The van der Waals surface area contributed by atoms with Crippen molar-refractivity contribution in [1.82, 2.24) is 9.47 Å². The lowest BCUT2D eigenvalue weighted by Crippen LogP contribution is -2.27. The lowest BCUT2D eigenvalue weighted by atomic mass is 10.1. The van der Waals surface area contributed by atoms with Crippen LogP contribution in [0, 0.1) is 13.8 Å². The minimum absolute atomic E-state index is 0.0108.